The second-order valence-electron chi connectivity index (χ2n) is 4.86. The number of fused-ring (bicyclic) bond motifs is 1. The average molecular weight is 264 g/mol. The van der Waals surface area contributed by atoms with Gasteiger partial charge in [-0.15, -0.1) is 0 Å². The van der Waals surface area contributed by atoms with Crippen LogP contribution < -0.4 is 0 Å². The second-order valence-corrected chi connectivity index (χ2v) is 5.22. The molecular weight excluding hydrogens is 244 g/mol. The maximum absolute atomic E-state index is 6.18. The Morgan fingerprint density at radius 1 is 1.33 bits per heavy atom. The van der Waals surface area contributed by atoms with Crippen LogP contribution in [0.1, 0.15) is 51.3 Å². The molecule has 0 fully saturated rings. The molecule has 0 N–H and O–H groups in total. The highest BCUT2D eigenvalue weighted by Gasteiger charge is 2.14. The number of halogens is 1. The number of pyridine rings is 1. The summed E-state index contributed by atoms with van der Waals surface area (Å²) in [5, 5.41) is 1.51. The first kappa shape index (κ1) is 13.4. The van der Waals surface area contributed by atoms with Gasteiger partial charge in [-0.3, -0.25) is 0 Å². The van der Waals surface area contributed by atoms with Crippen LogP contribution in [0.3, 0.4) is 0 Å². The molecule has 0 saturated heterocycles. The molecule has 2 aromatic heterocycles. The average Bonchev–Trinajstić information content (AvgIpc) is 2.72. The van der Waals surface area contributed by atoms with Gasteiger partial charge in [-0.05, 0) is 25.8 Å². The SMILES string of the molecule is CCCC(CCC)n1c[c]c2c(Cl)nc(C)cc21. The van der Waals surface area contributed by atoms with Crippen molar-refractivity contribution in [3.05, 3.63) is 29.2 Å². The molecular formula is C15H20ClN2. The molecule has 97 valence electrons. The summed E-state index contributed by atoms with van der Waals surface area (Å²) in [4.78, 5) is 4.29. The Kier molecular flexibility index (Phi) is 4.28. The lowest BCUT2D eigenvalue weighted by Gasteiger charge is -2.19. The summed E-state index contributed by atoms with van der Waals surface area (Å²) in [5.74, 6) is 0. The molecule has 0 amide bonds. The second kappa shape index (κ2) is 5.75. The van der Waals surface area contributed by atoms with Crippen molar-refractivity contribution in [1.29, 1.82) is 0 Å². The Morgan fingerprint density at radius 3 is 2.61 bits per heavy atom. The lowest BCUT2D eigenvalue weighted by Crippen LogP contribution is -2.07. The van der Waals surface area contributed by atoms with Crippen LogP contribution >= 0.6 is 11.6 Å². The van der Waals surface area contributed by atoms with Crippen molar-refractivity contribution in [2.24, 2.45) is 0 Å². The van der Waals surface area contributed by atoms with Crippen molar-refractivity contribution in [1.82, 2.24) is 9.55 Å². The van der Waals surface area contributed by atoms with Crippen molar-refractivity contribution < 1.29 is 0 Å². The molecule has 2 rings (SSSR count). The molecule has 0 atom stereocenters. The standard InChI is InChI=1S/C15H20ClN2/c1-4-6-12(7-5-2)18-9-8-13-14(18)10-11(3)17-15(13)16/h9-10,12H,4-7H2,1-3H3. The number of aromatic nitrogens is 2. The lowest BCUT2D eigenvalue weighted by atomic mass is 10.1. The van der Waals surface area contributed by atoms with Crippen LogP contribution in [0.4, 0.5) is 0 Å². The number of hydrogen-bond donors (Lipinski definition) is 0. The molecule has 0 saturated carbocycles. The highest BCUT2D eigenvalue weighted by molar-refractivity contribution is 6.34. The Bertz CT molecular complexity index is 525. The van der Waals surface area contributed by atoms with Crippen LogP contribution in [0, 0.1) is 13.0 Å². The molecule has 0 aliphatic carbocycles. The van der Waals surface area contributed by atoms with E-state index in [-0.39, 0.29) is 0 Å². The van der Waals surface area contributed by atoms with E-state index in [0.29, 0.717) is 11.2 Å². The van der Waals surface area contributed by atoms with Gasteiger partial charge in [0.15, 0.2) is 0 Å². The van der Waals surface area contributed by atoms with E-state index in [0.717, 1.165) is 11.1 Å². The quantitative estimate of drug-likeness (QED) is 0.699. The van der Waals surface area contributed by atoms with E-state index in [1.807, 2.05) is 13.1 Å². The summed E-state index contributed by atoms with van der Waals surface area (Å²) in [6.07, 6.45) is 6.83. The van der Waals surface area contributed by atoms with E-state index < -0.39 is 0 Å². The van der Waals surface area contributed by atoms with Gasteiger partial charge >= 0.3 is 0 Å². The Balaban J connectivity index is 2.49. The normalized spacial score (nSPS) is 11.6. The molecule has 0 aromatic carbocycles. The summed E-state index contributed by atoms with van der Waals surface area (Å²) in [6.45, 7) is 6.45. The smallest absolute Gasteiger partial charge is 0.139 e. The van der Waals surface area contributed by atoms with Gasteiger partial charge in [0.25, 0.3) is 0 Å². The third-order valence-corrected chi connectivity index (χ3v) is 3.62. The predicted molar refractivity (Wildman–Crippen MR) is 77.2 cm³/mol. The van der Waals surface area contributed by atoms with Gasteiger partial charge < -0.3 is 4.57 Å². The van der Waals surface area contributed by atoms with Crippen LogP contribution in [-0.2, 0) is 0 Å². The zero-order valence-corrected chi connectivity index (χ0v) is 12.1. The molecule has 0 spiro atoms. The summed E-state index contributed by atoms with van der Waals surface area (Å²) < 4.78 is 2.32. The van der Waals surface area contributed by atoms with Crippen LogP contribution in [0.5, 0.6) is 0 Å². The van der Waals surface area contributed by atoms with Crippen molar-refractivity contribution in [2.75, 3.05) is 0 Å². The van der Waals surface area contributed by atoms with E-state index in [1.165, 1.54) is 31.2 Å². The first-order valence-electron chi connectivity index (χ1n) is 6.72. The maximum Gasteiger partial charge on any atom is 0.139 e. The van der Waals surface area contributed by atoms with Crippen LogP contribution in [0.15, 0.2) is 12.3 Å². The van der Waals surface area contributed by atoms with Gasteiger partial charge in [0.1, 0.15) is 5.15 Å². The van der Waals surface area contributed by atoms with Gasteiger partial charge in [-0.2, -0.15) is 0 Å². The van der Waals surface area contributed by atoms with Crippen molar-refractivity contribution in [3.63, 3.8) is 0 Å². The van der Waals surface area contributed by atoms with Crippen LogP contribution in [0.2, 0.25) is 5.15 Å². The molecule has 3 heteroatoms. The van der Waals surface area contributed by atoms with E-state index in [2.05, 4.69) is 35.5 Å². The molecule has 1 radical (unpaired) electrons. The molecule has 0 bridgehead atoms. The van der Waals surface area contributed by atoms with Crippen molar-refractivity contribution >= 4 is 22.5 Å². The molecule has 0 unspecified atom stereocenters. The zero-order chi connectivity index (χ0) is 13.1. The van der Waals surface area contributed by atoms with Gasteiger partial charge in [0, 0.05) is 29.4 Å². The van der Waals surface area contributed by atoms with Gasteiger partial charge in [-0.1, -0.05) is 38.3 Å². The van der Waals surface area contributed by atoms with E-state index >= 15 is 0 Å². The van der Waals surface area contributed by atoms with Crippen molar-refractivity contribution in [3.8, 4) is 0 Å². The summed E-state index contributed by atoms with van der Waals surface area (Å²) in [7, 11) is 0. The molecule has 2 heterocycles. The lowest BCUT2D eigenvalue weighted by molar-refractivity contribution is 0.437. The number of nitrogens with zero attached hydrogens (tertiary/aromatic N) is 2. The minimum atomic E-state index is 0.548. The fourth-order valence-corrected chi connectivity index (χ4v) is 2.84. The number of aryl methyl sites for hydroxylation is 1. The monoisotopic (exact) mass is 263 g/mol. The minimum absolute atomic E-state index is 0.548. The van der Waals surface area contributed by atoms with Gasteiger partial charge in [0.2, 0.25) is 0 Å². The molecule has 0 aliphatic rings. The van der Waals surface area contributed by atoms with E-state index in [9.17, 15) is 0 Å². The molecule has 0 aliphatic heterocycles. The Morgan fingerprint density at radius 2 is 2.00 bits per heavy atom. The minimum Gasteiger partial charge on any atom is -0.344 e. The van der Waals surface area contributed by atoms with Gasteiger partial charge in [-0.25, -0.2) is 4.98 Å². The summed E-state index contributed by atoms with van der Waals surface area (Å²) in [6, 6.07) is 5.90. The Labute approximate surface area is 114 Å². The highest BCUT2D eigenvalue weighted by atomic mass is 35.5. The van der Waals surface area contributed by atoms with Gasteiger partial charge in [0.05, 0.1) is 5.52 Å². The molecule has 2 aromatic rings. The fourth-order valence-electron chi connectivity index (χ4n) is 2.55. The van der Waals surface area contributed by atoms with E-state index in [4.69, 9.17) is 11.6 Å². The molecule has 18 heavy (non-hydrogen) atoms. The summed E-state index contributed by atoms with van der Waals surface area (Å²) >= 11 is 6.18. The Hall–Kier alpha value is -1.02. The third kappa shape index (κ3) is 2.54. The topological polar surface area (TPSA) is 17.8 Å². The first-order chi connectivity index (χ1) is 8.67. The van der Waals surface area contributed by atoms with Crippen molar-refractivity contribution in [2.45, 2.75) is 52.5 Å². The molecule has 2 nitrogen and oxygen atoms in total. The van der Waals surface area contributed by atoms with E-state index in [1.54, 1.807) is 0 Å². The van der Waals surface area contributed by atoms with Crippen LogP contribution in [-0.4, -0.2) is 9.55 Å². The largest absolute Gasteiger partial charge is 0.344 e. The zero-order valence-electron chi connectivity index (χ0n) is 11.3. The first-order valence-corrected chi connectivity index (χ1v) is 7.10. The predicted octanol–water partition coefficient (Wildman–Crippen LogP) is 4.94. The number of rotatable bonds is 5. The highest BCUT2D eigenvalue weighted by Crippen LogP contribution is 2.29. The third-order valence-electron chi connectivity index (χ3n) is 3.35. The van der Waals surface area contributed by atoms with Crippen LogP contribution in [0.25, 0.3) is 10.9 Å². The number of hydrogen-bond acceptors (Lipinski definition) is 1. The maximum atomic E-state index is 6.18. The fraction of sp³-hybridized carbons (Fsp3) is 0.533. The summed E-state index contributed by atoms with van der Waals surface area (Å²) in [5.41, 5.74) is 2.13.